The predicted molar refractivity (Wildman–Crippen MR) is 172 cm³/mol. The average Bonchev–Trinajstić information content (AvgIpc) is 3.04. The normalized spacial score (nSPS) is 19.6. The number of hydrogen-bond acceptors (Lipinski definition) is 12. The lowest BCUT2D eigenvalue weighted by Gasteiger charge is -2.40. The van der Waals surface area contributed by atoms with Gasteiger partial charge in [-0.2, -0.15) is 0 Å². The van der Waals surface area contributed by atoms with Crippen molar-refractivity contribution in [2.24, 2.45) is 0 Å². The number of hydrogen-bond donors (Lipinski definition) is 7. The highest BCUT2D eigenvalue weighted by atomic mass is 16.5. The number of methoxy groups -OCH3 is 1. The molecule has 1 saturated heterocycles. The predicted octanol–water partition coefficient (Wildman–Crippen LogP) is 3.61. The maximum Gasteiger partial charge on any atom is 0.125 e. The topological polar surface area (TPSA) is 163 Å². The molecule has 0 amide bonds. The number of benzene rings is 3. The van der Waals surface area contributed by atoms with E-state index in [1.807, 2.05) is 52.0 Å². The number of rotatable bonds is 16. The lowest BCUT2D eigenvalue weighted by molar-refractivity contribution is -0.0123. The third kappa shape index (κ3) is 10.2. The first-order chi connectivity index (χ1) is 22.0. The molecule has 1 aliphatic rings. The summed E-state index contributed by atoms with van der Waals surface area (Å²) < 4.78 is 27.5. The lowest BCUT2D eigenvalue weighted by Crippen LogP contribution is -2.54. The molecule has 0 saturated carbocycles. The molecule has 4 unspecified atom stereocenters. The first-order valence-electron chi connectivity index (χ1n) is 15.4. The van der Waals surface area contributed by atoms with Crippen LogP contribution < -0.4 is 30.2 Å². The third-order valence-corrected chi connectivity index (χ3v) is 7.20. The molecular formula is C34H47N3O9. The molecule has 12 nitrogen and oxygen atoms in total. The minimum absolute atomic E-state index is 0.00400. The molecule has 4 rings (SSSR count). The lowest BCUT2D eigenvalue weighted by atomic mass is 10.0. The molecule has 0 radical (unpaired) electrons. The highest BCUT2D eigenvalue weighted by Crippen LogP contribution is 2.36. The van der Waals surface area contributed by atoms with Crippen molar-refractivity contribution in [3.8, 4) is 28.7 Å². The van der Waals surface area contributed by atoms with E-state index in [1.165, 1.54) is 12.1 Å². The number of phenols is 2. The van der Waals surface area contributed by atoms with Crippen LogP contribution in [0.4, 0.5) is 0 Å². The van der Waals surface area contributed by atoms with Gasteiger partial charge >= 0.3 is 0 Å². The quantitative estimate of drug-likeness (QED) is 0.122. The average molecular weight is 642 g/mol. The Morgan fingerprint density at radius 1 is 0.587 bits per heavy atom. The molecule has 1 fully saturated rings. The summed E-state index contributed by atoms with van der Waals surface area (Å²) in [4.78, 5) is 0. The Kier molecular flexibility index (Phi) is 12.9. The minimum atomic E-state index is -0.809. The SMILES string of the molecule is COc1ccc(C2NC(c3ccc(OCC(O)COC(C)C)cc3O)NC(c3ccc(OCC(O)COC(C)C)cc3O)N2)cc1. The number of aliphatic hydroxyl groups is 2. The fraction of sp³-hybridized carbons (Fsp3) is 0.471. The van der Waals surface area contributed by atoms with Crippen LogP contribution >= 0.6 is 0 Å². The van der Waals surface area contributed by atoms with E-state index in [4.69, 9.17) is 23.7 Å². The number of phenolic OH excluding ortho intramolecular Hbond substituents is 2. The van der Waals surface area contributed by atoms with Crippen LogP contribution in [0.1, 0.15) is 62.9 Å². The number of aliphatic hydroxyl groups excluding tert-OH is 2. The second-order valence-corrected chi connectivity index (χ2v) is 11.7. The standard InChI is InChI=1S/C34H47N3O9/c1-20(2)43-16-23(38)18-45-26-10-12-28(30(40)14-26)33-35-32(22-6-8-25(42-5)9-7-22)36-34(37-33)29-13-11-27(15-31(29)41)46-19-24(39)17-44-21(3)4/h6-15,20-21,23-24,32-41H,16-19H2,1-5H3. The van der Waals surface area contributed by atoms with E-state index in [1.54, 1.807) is 31.4 Å². The fourth-order valence-electron chi connectivity index (χ4n) is 4.80. The summed E-state index contributed by atoms with van der Waals surface area (Å²) in [5.41, 5.74) is 2.02. The van der Waals surface area contributed by atoms with Gasteiger partial charge in [0.05, 0.1) is 51.0 Å². The summed E-state index contributed by atoms with van der Waals surface area (Å²) >= 11 is 0. The van der Waals surface area contributed by atoms with Gasteiger partial charge in [-0.3, -0.25) is 16.0 Å². The van der Waals surface area contributed by atoms with E-state index < -0.39 is 24.5 Å². The summed E-state index contributed by atoms with van der Waals surface area (Å²) in [6, 6.07) is 17.5. The van der Waals surface area contributed by atoms with Crippen molar-refractivity contribution >= 4 is 0 Å². The van der Waals surface area contributed by atoms with Gasteiger partial charge in [-0.25, -0.2) is 0 Å². The van der Waals surface area contributed by atoms with Crippen molar-refractivity contribution in [2.45, 2.75) is 70.6 Å². The van der Waals surface area contributed by atoms with Gasteiger partial charge in [-0.05, 0) is 69.7 Å². The van der Waals surface area contributed by atoms with Crippen molar-refractivity contribution in [1.29, 1.82) is 0 Å². The largest absolute Gasteiger partial charge is 0.507 e. The van der Waals surface area contributed by atoms with Gasteiger partial charge in [-0.15, -0.1) is 0 Å². The Morgan fingerprint density at radius 2 is 1.00 bits per heavy atom. The molecule has 1 heterocycles. The molecule has 1 aliphatic heterocycles. The molecule has 0 aromatic heterocycles. The van der Waals surface area contributed by atoms with E-state index >= 15 is 0 Å². The third-order valence-electron chi connectivity index (χ3n) is 7.20. The minimum Gasteiger partial charge on any atom is -0.507 e. The second kappa shape index (κ2) is 16.8. The van der Waals surface area contributed by atoms with Crippen molar-refractivity contribution in [1.82, 2.24) is 16.0 Å². The van der Waals surface area contributed by atoms with Crippen LogP contribution in [0.25, 0.3) is 0 Å². The molecule has 0 spiro atoms. The molecular weight excluding hydrogens is 594 g/mol. The van der Waals surface area contributed by atoms with Gasteiger partial charge in [0.25, 0.3) is 0 Å². The number of ether oxygens (including phenoxy) is 5. The van der Waals surface area contributed by atoms with Gasteiger partial charge in [0.15, 0.2) is 0 Å². The van der Waals surface area contributed by atoms with E-state index in [2.05, 4.69) is 16.0 Å². The Morgan fingerprint density at radius 3 is 1.39 bits per heavy atom. The molecule has 3 aromatic rings. The first kappa shape index (κ1) is 35.2. The summed E-state index contributed by atoms with van der Waals surface area (Å²) in [5, 5.41) is 52.8. The zero-order valence-electron chi connectivity index (χ0n) is 27.0. The van der Waals surface area contributed by atoms with E-state index in [9.17, 15) is 20.4 Å². The summed E-state index contributed by atoms with van der Waals surface area (Å²) in [6.07, 6.45) is -3.12. The highest BCUT2D eigenvalue weighted by molar-refractivity contribution is 5.44. The van der Waals surface area contributed by atoms with Crippen LogP contribution in [0, 0.1) is 0 Å². The monoisotopic (exact) mass is 641 g/mol. The highest BCUT2D eigenvalue weighted by Gasteiger charge is 2.32. The molecule has 46 heavy (non-hydrogen) atoms. The van der Waals surface area contributed by atoms with Gasteiger partial charge in [0.2, 0.25) is 0 Å². The number of nitrogens with one attached hydrogen (secondary N) is 3. The zero-order valence-corrected chi connectivity index (χ0v) is 27.0. The van der Waals surface area contributed by atoms with E-state index in [-0.39, 0.29) is 56.3 Å². The Hall–Kier alpha value is -3.62. The molecule has 0 bridgehead atoms. The Balaban J connectivity index is 1.51. The van der Waals surface area contributed by atoms with Crippen molar-refractivity contribution < 1.29 is 44.1 Å². The Labute approximate surface area is 270 Å². The van der Waals surface area contributed by atoms with Crippen LogP contribution in [-0.4, -0.2) is 78.4 Å². The van der Waals surface area contributed by atoms with Crippen LogP contribution in [0.5, 0.6) is 28.7 Å². The van der Waals surface area contributed by atoms with Crippen LogP contribution in [0.2, 0.25) is 0 Å². The van der Waals surface area contributed by atoms with Gasteiger partial charge in [0.1, 0.15) is 54.2 Å². The van der Waals surface area contributed by atoms with Crippen LogP contribution in [-0.2, 0) is 9.47 Å². The molecule has 12 heteroatoms. The molecule has 4 atom stereocenters. The van der Waals surface area contributed by atoms with E-state index in [0.717, 1.165) is 5.56 Å². The maximum absolute atomic E-state index is 11.1. The van der Waals surface area contributed by atoms with Crippen LogP contribution in [0.15, 0.2) is 60.7 Å². The second-order valence-electron chi connectivity index (χ2n) is 11.7. The summed E-state index contributed by atoms with van der Waals surface area (Å²) in [5.74, 6) is 1.48. The van der Waals surface area contributed by atoms with Crippen molar-refractivity contribution in [3.63, 3.8) is 0 Å². The zero-order chi connectivity index (χ0) is 33.2. The van der Waals surface area contributed by atoms with Crippen LogP contribution in [0.3, 0.4) is 0 Å². The molecule has 0 aliphatic carbocycles. The van der Waals surface area contributed by atoms with E-state index in [0.29, 0.717) is 28.4 Å². The molecule has 252 valence electrons. The molecule has 3 aromatic carbocycles. The Bertz CT molecular complexity index is 1290. The smallest absolute Gasteiger partial charge is 0.125 e. The van der Waals surface area contributed by atoms with Gasteiger partial charge < -0.3 is 44.1 Å². The van der Waals surface area contributed by atoms with Gasteiger partial charge in [0, 0.05) is 23.3 Å². The first-order valence-corrected chi connectivity index (χ1v) is 15.4. The summed E-state index contributed by atoms with van der Waals surface area (Å²) in [6.45, 7) is 7.88. The molecule has 7 N–H and O–H groups in total. The van der Waals surface area contributed by atoms with Crippen molar-refractivity contribution in [2.75, 3.05) is 33.5 Å². The van der Waals surface area contributed by atoms with Gasteiger partial charge in [-0.1, -0.05) is 12.1 Å². The summed E-state index contributed by atoms with van der Waals surface area (Å²) in [7, 11) is 1.61. The van der Waals surface area contributed by atoms with Crippen molar-refractivity contribution in [3.05, 3.63) is 77.4 Å². The number of aromatic hydroxyl groups is 2. The maximum atomic E-state index is 11.1. The fourth-order valence-corrected chi connectivity index (χ4v) is 4.80.